The topological polar surface area (TPSA) is 6.48 Å². The first-order valence-corrected chi connectivity index (χ1v) is 9.37. The quantitative estimate of drug-likeness (QED) is 0.674. The number of rotatable bonds is 8. The minimum absolute atomic E-state index is 1.07. The monoisotopic (exact) mass is 276 g/mol. The SMILES string of the molecule is C=C[Si](c1ccccc1)(N(CC)CC)N(CC)CC. The van der Waals surface area contributed by atoms with Crippen LogP contribution >= 0.6 is 0 Å². The van der Waals surface area contributed by atoms with Crippen molar-refractivity contribution in [1.29, 1.82) is 0 Å². The molecule has 0 spiro atoms. The molecular weight excluding hydrogens is 248 g/mol. The van der Waals surface area contributed by atoms with Crippen molar-refractivity contribution in [2.45, 2.75) is 27.7 Å². The summed E-state index contributed by atoms with van der Waals surface area (Å²) in [7, 11) is -1.97. The third kappa shape index (κ3) is 2.99. The van der Waals surface area contributed by atoms with Gasteiger partial charge in [0.2, 0.25) is 0 Å². The maximum atomic E-state index is 4.22. The number of benzene rings is 1. The first kappa shape index (κ1) is 16.2. The lowest BCUT2D eigenvalue weighted by Gasteiger charge is -2.46. The summed E-state index contributed by atoms with van der Waals surface area (Å²) in [5, 5.41) is 1.44. The molecule has 0 saturated heterocycles. The maximum Gasteiger partial charge on any atom is 0.264 e. The minimum Gasteiger partial charge on any atom is -0.305 e. The molecule has 1 rings (SSSR count). The number of hydrogen-bond acceptors (Lipinski definition) is 2. The van der Waals surface area contributed by atoms with Gasteiger partial charge in [0.05, 0.1) is 0 Å². The normalized spacial score (nSPS) is 12.1. The van der Waals surface area contributed by atoms with Gasteiger partial charge in [-0.15, -0.1) is 6.58 Å². The highest BCUT2D eigenvalue weighted by atomic mass is 28.3. The van der Waals surface area contributed by atoms with E-state index >= 15 is 0 Å². The molecule has 0 aliphatic carbocycles. The third-order valence-corrected chi connectivity index (χ3v) is 8.92. The van der Waals surface area contributed by atoms with Crippen LogP contribution in [0.25, 0.3) is 0 Å². The van der Waals surface area contributed by atoms with Crippen molar-refractivity contribution in [2.75, 3.05) is 26.2 Å². The van der Waals surface area contributed by atoms with Gasteiger partial charge in [-0.05, 0) is 31.4 Å². The van der Waals surface area contributed by atoms with Crippen LogP contribution in [0, 0.1) is 0 Å². The van der Waals surface area contributed by atoms with Gasteiger partial charge in [0, 0.05) is 0 Å². The summed E-state index contributed by atoms with van der Waals surface area (Å²) < 4.78 is 5.23. The highest BCUT2D eigenvalue weighted by Gasteiger charge is 2.42. The molecule has 0 aliphatic heterocycles. The van der Waals surface area contributed by atoms with E-state index in [4.69, 9.17) is 0 Å². The molecular formula is C16H28N2Si. The first-order valence-electron chi connectivity index (χ1n) is 7.40. The Morgan fingerprint density at radius 1 is 0.895 bits per heavy atom. The van der Waals surface area contributed by atoms with E-state index in [1.165, 1.54) is 5.19 Å². The van der Waals surface area contributed by atoms with Crippen LogP contribution in [-0.4, -0.2) is 43.7 Å². The second-order valence-corrected chi connectivity index (χ2v) is 8.34. The maximum absolute atomic E-state index is 4.22. The average molecular weight is 276 g/mol. The van der Waals surface area contributed by atoms with E-state index in [1.807, 2.05) is 0 Å². The van der Waals surface area contributed by atoms with Gasteiger partial charge in [-0.3, -0.25) is 0 Å². The van der Waals surface area contributed by atoms with Gasteiger partial charge < -0.3 is 9.13 Å². The molecule has 1 aromatic carbocycles. The molecule has 106 valence electrons. The Morgan fingerprint density at radius 3 is 1.63 bits per heavy atom. The lowest BCUT2D eigenvalue weighted by atomic mass is 10.4. The lowest BCUT2D eigenvalue weighted by Crippen LogP contribution is -2.71. The zero-order valence-electron chi connectivity index (χ0n) is 12.9. The zero-order valence-corrected chi connectivity index (χ0v) is 13.9. The van der Waals surface area contributed by atoms with Gasteiger partial charge in [0.25, 0.3) is 8.40 Å². The third-order valence-electron chi connectivity index (χ3n) is 3.97. The Morgan fingerprint density at radius 2 is 1.32 bits per heavy atom. The van der Waals surface area contributed by atoms with Gasteiger partial charge in [-0.25, -0.2) is 0 Å². The number of hydrogen-bond donors (Lipinski definition) is 0. The summed E-state index contributed by atoms with van der Waals surface area (Å²) in [6.07, 6.45) is 0. The van der Waals surface area contributed by atoms with Crippen molar-refractivity contribution in [2.24, 2.45) is 0 Å². The van der Waals surface area contributed by atoms with E-state index < -0.39 is 8.40 Å². The highest BCUT2D eigenvalue weighted by Crippen LogP contribution is 2.17. The van der Waals surface area contributed by atoms with Gasteiger partial charge in [0.15, 0.2) is 0 Å². The molecule has 0 aliphatic rings. The predicted molar refractivity (Wildman–Crippen MR) is 87.9 cm³/mol. The van der Waals surface area contributed by atoms with E-state index in [0.717, 1.165) is 26.2 Å². The van der Waals surface area contributed by atoms with Crippen LogP contribution in [0.3, 0.4) is 0 Å². The fraction of sp³-hybridized carbons (Fsp3) is 0.500. The molecule has 2 nitrogen and oxygen atoms in total. The smallest absolute Gasteiger partial charge is 0.264 e. The molecule has 19 heavy (non-hydrogen) atoms. The predicted octanol–water partition coefficient (Wildman–Crippen LogP) is 2.74. The van der Waals surface area contributed by atoms with Gasteiger partial charge in [-0.1, -0.05) is 63.7 Å². The standard InChI is InChI=1S/C16H28N2Si/c1-6-17(7-2)19(10-5,18(8-3)9-4)16-14-12-11-13-15-16/h10-15H,5-9H2,1-4H3. The Kier molecular flexibility index (Phi) is 6.49. The van der Waals surface area contributed by atoms with Crippen LogP contribution in [0.1, 0.15) is 27.7 Å². The summed E-state index contributed by atoms with van der Waals surface area (Å²) >= 11 is 0. The van der Waals surface area contributed by atoms with Gasteiger partial charge >= 0.3 is 0 Å². The van der Waals surface area contributed by atoms with Crippen LogP contribution in [0.4, 0.5) is 0 Å². The summed E-state index contributed by atoms with van der Waals surface area (Å²) in [6, 6.07) is 10.9. The average Bonchev–Trinajstić information content (AvgIpc) is 2.48. The van der Waals surface area contributed by atoms with E-state index in [9.17, 15) is 0 Å². The molecule has 0 amide bonds. The molecule has 3 heteroatoms. The molecule has 0 heterocycles. The highest BCUT2D eigenvalue weighted by molar-refractivity contribution is 6.91. The van der Waals surface area contributed by atoms with Gasteiger partial charge in [-0.2, -0.15) is 0 Å². The van der Waals surface area contributed by atoms with Crippen LogP contribution in [-0.2, 0) is 0 Å². The van der Waals surface area contributed by atoms with E-state index in [1.54, 1.807) is 0 Å². The van der Waals surface area contributed by atoms with Gasteiger partial charge in [0.1, 0.15) is 0 Å². The molecule has 1 aromatic rings. The lowest BCUT2D eigenvalue weighted by molar-refractivity contribution is 0.372. The van der Waals surface area contributed by atoms with E-state index in [0.29, 0.717) is 0 Å². The molecule has 0 bridgehead atoms. The Hall–Kier alpha value is -0.903. The Labute approximate surface area is 119 Å². The van der Waals surface area contributed by atoms with E-state index in [-0.39, 0.29) is 0 Å². The second-order valence-electron chi connectivity index (χ2n) is 4.64. The molecule has 0 fully saturated rings. The van der Waals surface area contributed by atoms with Crippen LogP contribution in [0.15, 0.2) is 42.6 Å². The molecule has 0 radical (unpaired) electrons. The summed E-state index contributed by atoms with van der Waals surface area (Å²) in [5.74, 6) is 0. The molecule has 0 atom stereocenters. The molecule has 0 saturated carbocycles. The second kappa shape index (κ2) is 7.63. The molecule has 0 aromatic heterocycles. The first-order chi connectivity index (χ1) is 9.20. The fourth-order valence-corrected chi connectivity index (χ4v) is 7.53. The van der Waals surface area contributed by atoms with Crippen molar-refractivity contribution in [1.82, 2.24) is 9.13 Å². The Bertz CT molecular complexity index is 358. The zero-order chi connectivity index (χ0) is 14.3. The largest absolute Gasteiger partial charge is 0.305 e. The minimum atomic E-state index is -1.97. The van der Waals surface area contributed by atoms with Crippen molar-refractivity contribution in [3.8, 4) is 0 Å². The van der Waals surface area contributed by atoms with E-state index in [2.05, 4.69) is 79.4 Å². The van der Waals surface area contributed by atoms with Crippen molar-refractivity contribution in [3.63, 3.8) is 0 Å². The van der Waals surface area contributed by atoms with Crippen LogP contribution in [0.5, 0.6) is 0 Å². The van der Waals surface area contributed by atoms with Crippen molar-refractivity contribution < 1.29 is 0 Å². The van der Waals surface area contributed by atoms with Crippen molar-refractivity contribution in [3.05, 3.63) is 42.6 Å². The van der Waals surface area contributed by atoms with Crippen molar-refractivity contribution >= 4 is 13.6 Å². The molecule has 0 unspecified atom stereocenters. The Balaban J connectivity index is 3.40. The van der Waals surface area contributed by atoms with Crippen LogP contribution < -0.4 is 5.19 Å². The summed E-state index contributed by atoms with van der Waals surface area (Å²) in [6.45, 7) is 17.5. The fourth-order valence-electron chi connectivity index (χ4n) is 3.04. The summed E-state index contributed by atoms with van der Waals surface area (Å²) in [4.78, 5) is 0. The summed E-state index contributed by atoms with van der Waals surface area (Å²) in [5.41, 5.74) is 2.24. The molecule has 0 N–H and O–H groups in total. The number of nitrogens with zero attached hydrogens (tertiary/aromatic N) is 2. The van der Waals surface area contributed by atoms with Crippen LogP contribution in [0.2, 0.25) is 0 Å².